The van der Waals surface area contributed by atoms with Gasteiger partial charge in [0, 0.05) is 22.4 Å². The molecule has 6 heteroatoms. The molecule has 1 heterocycles. The van der Waals surface area contributed by atoms with Crippen molar-refractivity contribution in [2.45, 2.75) is 0 Å². The second kappa shape index (κ2) is 6.94. The Morgan fingerprint density at radius 1 is 1.08 bits per heavy atom. The zero-order valence-electron chi connectivity index (χ0n) is 13.4. The molecular formula is C20H13BrClN3O. The summed E-state index contributed by atoms with van der Waals surface area (Å²) >= 11 is 9.28. The number of benzene rings is 3. The Labute approximate surface area is 163 Å². The van der Waals surface area contributed by atoms with Gasteiger partial charge in [-0.3, -0.25) is 4.99 Å². The van der Waals surface area contributed by atoms with Gasteiger partial charge in [0.2, 0.25) is 0 Å². The minimum Gasteiger partial charge on any atom is -0.506 e. The molecule has 4 rings (SSSR count). The summed E-state index contributed by atoms with van der Waals surface area (Å²) in [4.78, 5) is 12.3. The minimum absolute atomic E-state index is 0.108. The monoisotopic (exact) mass is 425 g/mol. The average Bonchev–Trinajstić information content (AvgIpc) is 3.08. The van der Waals surface area contributed by atoms with Crippen molar-refractivity contribution in [2.75, 3.05) is 0 Å². The molecule has 3 aromatic carbocycles. The molecule has 0 fully saturated rings. The van der Waals surface area contributed by atoms with Crippen molar-refractivity contribution in [3.8, 4) is 17.1 Å². The molecule has 128 valence electrons. The second-order valence-corrected chi connectivity index (χ2v) is 7.02. The number of nitrogens with one attached hydrogen (secondary N) is 1. The third kappa shape index (κ3) is 3.36. The van der Waals surface area contributed by atoms with Crippen molar-refractivity contribution in [3.05, 3.63) is 75.7 Å². The molecular weight excluding hydrogens is 414 g/mol. The first kappa shape index (κ1) is 16.8. The Bertz CT molecular complexity index is 1090. The molecule has 26 heavy (non-hydrogen) atoms. The summed E-state index contributed by atoms with van der Waals surface area (Å²) in [6, 6.07) is 18.9. The molecule has 0 radical (unpaired) electrons. The first-order valence-electron chi connectivity index (χ1n) is 7.87. The average molecular weight is 427 g/mol. The number of aromatic nitrogens is 2. The summed E-state index contributed by atoms with van der Waals surface area (Å²) in [6.45, 7) is 0. The van der Waals surface area contributed by atoms with Gasteiger partial charge in [-0.1, -0.05) is 23.7 Å². The topological polar surface area (TPSA) is 61.3 Å². The molecule has 1 aromatic heterocycles. The molecule has 0 saturated heterocycles. The first-order valence-corrected chi connectivity index (χ1v) is 9.04. The van der Waals surface area contributed by atoms with Crippen LogP contribution in [-0.2, 0) is 0 Å². The van der Waals surface area contributed by atoms with Gasteiger partial charge < -0.3 is 10.1 Å². The van der Waals surface area contributed by atoms with E-state index in [1.54, 1.807) is 18.3 Å². The predicted octanol–water partition coefficient (Wildman–Crippen LogP) is 6.10. The van der Waals surface area contributed by atoms with Crippen LogP contribution >= 0.6 is 27.5 Å². The van der Waals surface area contributed by atoms with Gasteiger partial charge in [0.15, 0.2) is 0 Å². The van der Waals surface area contributed by atoms with Crippen LogP contribution in [0.2, 0.25) is 5.02 Å². The van der Waals surface area contributed by atoms with Gasteiger partial charge in [-0.25, -0.2) is 4.98 Å². The maximum absolute atomic E-state index is 10.1. The number of rotatable bonds is 3. The quantitative estimate of drug-likeness (QED) is 0.389. The highest BCUT2D eigenvalue weighted by molar-refractivity contribution is 9.10. The fourth-order valence-corrected chi connectivity index (χ4v) is 3.46. The normalized spacial score (nSPS) is 11.5. The number of hydrogen-bond acceptors (Lipinski definition) is 3. The molecule has 4 aromatic rings. The van der Waals surface area contributed by atoms with Gasteiger partial charge in [-0.15, -0.1) is 0 Å². The number of fused-ring (bicyclic) bond motifs is 1. The summed E-state index contributed by atoms with van der Waals surface area (Å²) in [5.41, 5.74) is 4.23. The van der Waals surface area contributed by atoms with E-state index in [1.807, 2.05) is 48.5 Å². The lowest BCUT2D eigenvalue weighted by atomic mass is 10.2. The summed E-state index contributed by atoms with van der Waals surface area (Å²) in [5.74, 6) is 0.926. The van der Waals surface area contributed by atoms with Crippen LogP contribution < -0.4 is 0 Å². The van der Waals surface area contributed by atoms with E-state index in [4.69, 9.17) is 11.6 Å². The van der Waals surface area contributed by atoms with Crippen LogP contribution in [0.1, 0.15) is 5.56 Å². The number of phenolic OH excluding ortho intramolecular Hbond substituents is 1. The van der Waals surface area contributed by atoms with Crippen molar-refractivity contribution < 1.29 is 5.11 Å². The Morgan fingerprint density at radius 3 is 2.62 bits per heavy atom. The molecule has 0 aliphatic heterocycles. The third-order valence-corrected chi connectivity index (χ3v) is 4.76. The van der Waals surface area contributed by atoms with E-state index < -0.39 is 0 Å². The number of imidazole rings is 1. The summed E-state index contributed by atoms with van der Waals surface area (Å²) in [5, 5.41) is 10.6. The largest absolute Gasteiger partial charge is 0.506 e. The molecule has 0 atom stereocenters. The van der Waals surface area contributed by atoms with Crippen LogP contribution in [0.25, 0.3) is 22.4 Å². The van der Waals surface area contributed by atoms with Crippen LogP contribution in [0.15, 0.2) is 70.1 Å². The van der Waals surface area contributed by atoms with E-state index in [1.165, 1.54) is 0 Å². The highest BCUT2D eigenvalue weighted by atomic mass is 79.9. The third-order valence-electron chi connectivity index (χ3n) is 3.94. The van der Waals surface area contributed by atoms with Gasteiger partial charge >= 0.3 is 0 Å². The van der Waals surface area contributed by atoms with Gasteiger partial charge in [0.1, 0.15) is 11.6 Å². The van der Waals surface area contributed by atoms with Crippen LogP contribution in [0, 0.1) is 0 Å². The van der Waals surface area contributed by atoms with Crippen molar-refractivity contribution in [3.63, 3.8) is 0 Å². The standard InChI is InChI=1S/C20H13BrClN3O/c21-16-10-14(22)9-13(19(16)26)11-23-15-7-5-12(6-8-15)20-24-17-3-1-2-4-18(17)25-20/h1-11,26H,(H,24,25). The van der Waals surface area contributed by atoms with E-state index >= 15 is 0 Å². The Hall–Kier alpha value is -2.63. The Morgan fingerprint density at radius 2 is 1.85 bits per heavy atom. The predicted molar refractivity (Wildman–Crippen MR) is 110 cm³/mol. The van der Waals surface area contributed by atoms with Crippen molar-refractivity contribution >= 4 is 50.5 Å². The van der Waals surface area contributed by atoms with Crippen LogP contribution in [0.3, 0.4) is 0 Å². The summed E-state index contributed by atoms with van der Waals surface area (Å²) in [6.07, 6.45) is 1.59. The highest BCUT2D eigenvalue weighted by Crippen LogP contribution is 2.31. The van der Waals surface area contributed by atoms with Gasteiger partial charge in [-0.2, -0.15) is 0 Å². The fourth-order valence-electron chi connectivity index (χ4n) is 2.62. The number of aromatic hydroxyl groups is 1. The number of H-pyrrole nitrogens is 1. The number of aliphatic imine (C=N–C) groups is 1. The second-order valence-electron chi connectivity index (χ2n) is 5.73. The maximum atomic E-state index is 10.1. The van der Waals surface area contributed by atoms with Crippen LogP contribution in [-0.4, -0.2) is 21.3 Å². The van der Waals surface area contributed by atoms with Gasteiger partial charge in [0.25, 0.3) is 0 Å². The number of nitrogens with zero attached hydrogens (tertiary/aromatic N) is 2. The molecule has 2 N–H and O–H groups in total. The smallest absolute Gasteiger partial charge is 0.138 e. The molecule has 0 spiro atoms. The van der Waals surface area contributed by atoms with E-state index in [9.17, 15) is 5.11 Å². The fraction of sp³-hybridized carbons (Fsp3) is 0. The number of phenols is 1. The maximum Gasteiger partial charge on any atom is 0.138 e. The number of halogens is 2. The minimum atomic E-state index is 0.108. The van der Waals surface area contributed by atoms with Crippen LogP contribution in [0.5, 0.6) is 5.75 Å². The van der Waals surface area contributed by atoms with Crippen molar-refractivity contribution in [2.24, 2.45) is 4.99 Å². The molecule has 0 unspecified atom stereocenters. The molecule has 0 amide bonds. The van der Waals surface area contributed by atoms with E-state index in [0.717, 1.165) is 28.1 Å². The van der Waals surface area contributed by atoms with E-state index in [2.05, 4.69) is 30.9 Å². The van der Waals surface area contributed by atoms with Crippen molar-refractivity contribution in [1.82, 2.24) is 9.97 Å². The lowest BCUT2D eigenvalue weighted by molar-refractivity contribution is 0.471. The lowest BCUT2D eigenvalue weighted by Gasteiger charge is -2.03. The van der Waals surface area contributed by atoms with Crippen LogP contribution in [0.4, 0.5) is 5.69 Å². The zero-order valence-corrected chi connectivity index (χ0v) is 15.8. The molecule has 0 aliphatic rings. The van der Waals surface area contributed by atoms with Gasteiger partial charge in [-0.05, 0) is 64.5 Å². The summed E-state index contributed by atoms with van der Waals surface area (Å²) in [7, 11) is 0. The number of hydrogen-bond donors (Lipinski definition) is 2. The molecule has 0 aliphatic carbocycles. The van der Waals surface area contributed by atoms with Gasteiger partial charge in [0.05, 0.1) is 21.2 Å². The SMILES string of the molecule is Oc1c(Br)cc(Cl)cc1C=Nc1ccc(-c2nc3ccccc3[nH]2)cc1. The zero-order chi connectivity index (χ0) is 18.1. The van der Waals surface area contributed by atoms with Crippen molar-refractivity contribution in [1.29, 1.82) is 0 Å². The Kier molecular flexibility index (Phi) is 4.49. The van der Waals surface area contributed by atoms with E-state index in [0.29, 0.717) is 15.1 Å². The Balaban J connectivity index is 1.60. The lowest BCUT2D eigenvalue weighted by Crippen LogP contribution is -1.84. The summed E-state index contributed by atoms with van der Waals surface area (Å²) < 4.78 is 0.534. The first-order chi connectivity index (χ1) is 12.6. The van der Waals surface area contributed by atoms with E-state index in [-0.39, 0.29) is 5.75 Å². The number of para-hydroxylation sites is 2. The molecule has 4 nitrogen and oxygen atoms in total. The highest BCUT2D eigenvalue weighted by Gasteiger charge is 2.06. The number of aromatic amines is 1. The molecule has 0 saturated carbocycles. The molecule has 0 bridgehead atoms.